The zero-order valence-electron chi connectivity index (χ0n) is 9.49. The molecule has 1 aromatic carbocycles. The van der Waals surface area contributed by atoms with E-state index in [9.17, 15) is 0 Å². The third-order valence-corrected chi connectivity index (χ3v) is 3.98. The number of nitrogens with zero attached hydrogens (tertiary/aromatic N) is 1. The highest BCUT2D eigenvalue weighted by Crippen LogP contribution is 2.27. The van der Waals surface area contributed by atoms with Gasteiger partial charge in [-0.15, -0.1) is 0 Å². The van der Waals surface area contributed by atoms with Gasteiger partial charge in [-0.05, 0) is 18.2 Å². The van der Waals surface area contributed by atoms with Crippen LogP contribution in [0.5, 0.6) is 5.75 Å². The van der Waals surface area contributed by atoms with Crippen LogP contribution in [-0.4, -0.2) is 30.4 Å². The van der Waals surface area contributed by atoms with Crippen LogP contribution in [0.1, 0.15) is 5.56 Å². The smallest absolute Gasteiger partial charge is 0.136 e. The summed E-state index contributed by atoms with van der Waals surface area (Å²) in [7, 11) is 5.52. The Kier molecular flexibility index (Phi) is 5.38. The van der Waals surface area contributed by atoms with Crippen molar-refractivity contribution in [2.24, 2.45) is 0 Å². The standard InChI is InChI=1S/C11H14ClNOS2/c1-13(2)11(15)16-7-8-6-9(12)4-5-10(8)14-3/h4-6H,7H2,1-3H3. The fraction of sp³-hybridized carbons (Fsp3) is 0.364. The molecule has 0 aliphatic heterocycles. The van der Waals surface area contributed by atoms with Crippen LogP contribution < -0.4 is 4.74 Å². The Morgan fingerprint density at radius 2 is 2.19 bits per heavy atom. The minimum absolute atomic E-state index is 0.715. The van der Waals surface area contributed by atoms with E-state index in [0.29, 0.717) is 5.02 Å². The van der Waals surface area contributed by atoms with E-state index in [-0.39, 0.29) is 0 Å². The number of methoxy groups -OCH3 is 1. The largest absolute Gasteiger partial charge is 0.496 e. The lowest BCUT2D eigenvalue weighted by Gasteiger charge is -2.14. The highest BCUT2D eigenvalue weighted by atomic mass is 35.5. The van der Waals surface area contributed by atoms with Crippen LogP contribution in [0.3, 0.4) is 0 Å². The molecule has 1 aromatic rings. The van der Waals surface area contributed by atoms with Gasteiger partial charge >= 0.3 is 0 Å². The topological polar surface area (TPSA) is 12.5 Å². The summed E-state index contributed by atoms with van der Waals surface area (Å²) in [5, 5.41) is 0.715. The van der Waals surface area contributed by atoms with Crippen molar-refractivity contribution in [1.29, 1.82) is 0 Å². The van der Waals surface area contributed by atoms with Crippen LogP contribution in [0.2, 0.25) is 5.02 Å². The molecule has 5 heteroatoms. The first-order chi connectivity index (χ1) is 7.54. The van der Waals surface area contributed by atoms with Gasteiger partial charge in [-0.2, -0.15) is 0 Å². The Morgan fingerprint density at radius 1 is 1.50 bits per heavy atom. The third kappa shape index (κ3) is 3.85. The average Bonchev–Trinajstić information content (AvgIpc) is 2.25. The number of hydrogen-bond acceptors (Lipinski definition) is 3. The quantitative estimate of drug-likeness (QED) is 0.783. The number of halogens is 1. The van der Waals surface area contributed by atoms with Crippen LogP contribution in [0.25, 0.3) is 0 Å². The molecule has 88 valence electrons. The van der Waals surface area contributed by atoms with E-state index in [1.165, 1.54) is 0 Å². The number of thiocarbonyl (C=S) groups is 1. The summed E-state index contributed by atoms with van der Waals surface area (Å²) in [4.78, 5) is 1.91. The van der Waals surface area contributed by atoms with E-state index in [0.717, 1.165) is 21.4 Å². The summed E-state index contributed by atoms with van der Waals surface area (Å²) >= 11 is 12.7. The van der Waals surface area contributed by atoms with Crippen molar-refractivity contribution in [2.75, 3.05) is 21.2 Å². The molecule has 0 aromatic heterocycles. The van der Waals surface area contributed by atoms with E-state index >= 15 is 0 Å². The Labute approximate surface area is 111 Å². The molecule has 0 radical (unpaired) electrons. The molecule has 2 nitrogen and oxygen atoms in total. The van der Waals surface area contributed by atoms with Gasteiger partial charge in [0.2, 0.25) is 0 Å². The number of thioether (sulfide) groups is 1. The molecule has 0 saturated carbocycles. The normalized spacial score (nSPS) is 10.0. The molecule has 0 atom stereocenters. The van der Waals surface area contributed by atoms with Crippen LogP contribution in [-0.2, 0) is 5.75 Å². The molecule has 0 saturated heterocycles. The van der Waals surface area contributed by atoms with Crippen LogP contribution >= 0.6 is 35.6 Å². The number of rotatable bonds is 3. The second-order valence-corrected chi connectivity index (χ2v) is 5.45. The van der Waals surface area contributed by atoms with E-state index < -0.39 is 0 Å². The van der Waals surface area contributed by atoms with Gasteiger partial charge in [0.1, 0.15) is 10.1 Å². The predicted octanol–water partition coefficient (Wildman–Crippen LogP) is 3.43. The second kappa shape index (κ2) is 6.33. The first kappa shape index (κ1) is 13.6. The lowest BCUT2D eigenvalue weighted by molar-refractivity contribution is 0.411. The first-order valence-electron chi connectivity index (χ1n) is 4.71. The van der Waals surface area contributed by atoms with Gasteiger partial charge < -0.3 is 9.64 Å². The van der Waals surface area contributed by atoms with Gasteiger partial charge in [0, 0.05) is 30.4 Å². The Hall–Kier alpha value is -0.450. The predicted molar refractivity (Wildman–Crippen MR) is 75.6 cm³/mol. The summed E-state index contributed by atoms with van der Waals surface area (Å²) in [5.41, 5.74) is 1.06. The molecule has 16 heavy (non-hydrogen) atoms. The van der Waals surface area contributed by atoms with Crippen molar-refractivity contribution in [3.8, 4) is 5.75 Å². The van der Waals surface area contributed by atoms with Crippen molar-refractivity contribution in [1.82, 2.24) is 4.90 Å². The van der Waals surface area contributed by atoms with Crippen molar-refractivity contribution in [2.45, 2.75) is 5.75 Å². The van der Waals surface area contributed by atoms with Gasteiger partial charge in [-0.1, -0.05) is 35.6 Å². The van der Waals surface area contributed by atoms with E-state index in [1.54, 1.807) is 18.9 Å². The van der Waals surface area contributed by atoms with Gasteiger partial charge in [0.15, 0.2) is 0 Å². The van der Waals surface area contributed by atoms with E-state index in [1.807, 2.05) is 37.2 Å². The minimum atomic E-state index is 0.715. The molecule has 0 unspecified atom stereocenters. The SMILES string of the molecule is COc1ccc(Cl)cc1CSC(=S)N(C)C. The molecule has 0 aliphatic carbocycles. The summed E-state index contributed by atoms with van der Waals surface area (Å²) in [5.74, 6) is 1.61. The Morgan fingerprint density at radius 3 is 2.75 bits per heavy atom. The maximum Gasteiger partial charge on any atom is 0.136 e. The van der Waals surface area contributed by atoms with Crippen molar-refractivity contribution >= 4 is 39.9 Å². The molecule has 0 fully saturated rings. The number of benzene rings is 1. The number of ether oxygens (including phenoxy) is 1. The summed E-state index contributed by atoms with van der Waals surface area (Å²) in [6, 6.07) is 5.60. The zero-order valence-corrected chi connectivity index (χ0v) is 11.9. The van der Waals surface area contributed by atoms with E-state index in [2.05, 4.69) is 0 Å². The summed E-state index contributed by atoms with van der Waals surface area (Å²) < 4.78 is 6.11. The molecular formula is C11H14ClNOS2. The molecule has 0 N–H and O–H groups in total. The third-order valence-electron chi connectivity index (χ3n) is 1.96. The van der Waals surface area contributed by atoms with Crippen molar-refractivity contribution in [3.63, 3.8) is 0 Å². The van der Waals surface area contributed by atoms with Gasteiger partial charge in [0.05, 0.1) is 7.11 Å². The highest BCUT2D eigenvalue weighted by molar-refractivity contribution is 8.22. The maximum absolute atomic E-state index is 5.94. The molecule has 1 rings (SSSR count). The number of hydrogen-bond donors (Lipinski definition) is 0. The monoisotopic (exact) mass is 275 g/mol. The molecular weight excluding hydrogens is 262 g/mol. The maximum atomic E-state index is 5.94. The Bertz CT molecular complexity index is 382. The zero-order chi connectivity index (χ0) is 12.1. The molecule has 0 bridgehead atoms. The summed E-state index contributed by atoms with van der Waals surface area (Å²) in [6.45, 7) is 0. The van der Waals surface area contributed by atoms with Crippen LogP contribution in [0.15, 0.2) is 18.2 Å². The molecule has 0 spiro atoms. The lowest BCUT2D eigenvalue weighted by atomic mass is 10.2. The van der Waals surface area contributed by atoms with Crippen LogP contribution in [0, 0.1) is 0 Å². The molecule has 0 aliphatic rings. The molecule has 0 amide bonds. The first-order valence-corrected chi connectivity index (χ1v) is 6.48. The van der Waals surface area contributed by atoms with E-state index in [4.69, 9.17) is 28.6 Å². The fourth-order valence-corrected chi connectivity index (χ4v) is 2.26. The van der Waals surface area contributed by atoms with Crippen molar-refractivity contribution in [3.05, 3.63) is 28.8 Å². The molecule has 0 heterocycles. The van der Waals surface area contributed by atoms with Crippen LogP contribution in [0.4, 0.5) is 0 Å². The van der Waals surface area contributed by atoms with Gasteiger partial charge in [-0.3, -0.25) is 0 Å². The summed E-state index contributed by atoms with van der Waals surface area (Å²) in [6.07, 6.45) is 0. The van der Waals surface area contributed by atoms with Crippen molar-refractivity contribution < 1.29 is 4.74 Å². The highest BCUT2D eigenvalue weighted by Gasteiger charge is 2.06. The Balaban J connectivity index is 2.72. The minimum Gasteiger partial charge on any atom is -0.496 e. The fourth-order valence-electron chi connectivity index (χ4n) is 1.13. The second-order valence-electron chi connectivity index (χ2n) is 3.41. The van der Waals surface area contributed by atoms with Gasteiger partial charge in [-0.25, -0.2) is 0 Å². The lowest BCUT2D eigenvalue weighted by Crippen LogP contribution is -2.16. The average molecular weight is 276 g/mol. The van der Waals surface area contributed by atoms with Gasteiger partial charge in [0.25, 0.3) is 0 Å².